The van der Waals surface area contributed by atoms with Crippen LogP contribution in [0.5, 0.6) is 5.75 Å². The number of amides is 1. The van der Waals surface area contributed by atoms with E-state index in [-0.39, 0.29) is 12.3 Å². The van der Waals surface area contributed by atoms with Gasteiger partial charge in [-0.15, -0.1) is 0 Å². The van der Waals surface area contributed by atoms with Gasteiger partial charge in [0, 0.05) is 17.0 Å². The number of methoxy groups -OCH3 is 1. The molecule has 0 bridgehead atoms. The summed E-state index contributed by atoms with van der Waals surface area (Å²) in [7, 11) is 1.57. The Balaban J connectivity index is 1.65. The van der Waals surface area contributed by atoms with Gasteiger partial charge in [-0.25, -0.2) is 9.48 Å². The lowest BCUT2D eigenvalue weighted by atomic mass is 10.0. The second-order valence-corrected chi connectivity index (χ2v) is 7.41. The lowest BCUT2D eigenvalue weighted by Crippen LogP contribution is -2.22. The van der Waals surface area contributed by atoms with Crippen LogP contribution in [0.15, 0.2) is 57.7 Å². The lowest BCUT2D eigenvalue weighted by molar-refractivity contribution is -0.115. The van der Waals surface area contributed by atoms with Crippen LogP contribution < -0.4 is 15.7 Å². The molecule has 7 nitrogen and oxygen atoms in total. The van der Waals surface area contributed by atoms with E-state index in [1.54, 1.807) is 17.9 Å². The minimum atomic E-state index is -0.524. The zero-order chi connectivity index (χ0) is 22.1. The molecule has 0 atom stereocenters. The molecule has 0 spiro atoms. The highest BCUT2D eigenvalue weighted by molar-refractivity contribution is 5.93. The fourth-order valence-corrected chi connectivity index (χ4v) is 3.70. The molecule has 4 rings (SSSR count). The molecule has 158 valence electrons. The number of hydrogen-bond acceptors (Lipinski definition) is 5. The summed E-state index contributed by atoms with van der Waals surface area (Å²) in [5.41, 5.74) is 3.35. The number of carbonyl (C=O) groups is 1. The topological polar surface area (TPSA) is 86.4 Å². The zero-order valence-corrected chi connectivity index (χ0v) is 17.9. The molecule has 7 heteroatoms. The summed E-state index contributed by atoms with van der Waals surface area (Å²) in [6.07, 6.45) is -0.103. The number of anilines is 1. The average Bonchev–Trinajstić information content (AvgIpc) is 3.12. The van der Waals surface area contributed by atoms with Crippen LogP contribution in [0.4, 0.5) is 5.82 Å². The van der Waals surface area contributed by atoms with Crippen molar-refractivity contribution in [3.8, 4) is 11.4 Å². The summed E-state index contributed by atoms with van der Waals surface area (Å²) < 4.78 is 12.5. The third-order valence-corrected chi connectivity index (χ3v) is 5.31. The van der Waals surface area contributed by atoms with E-state index in [0.717, 1.165) is 27.9 Å². The first kappa shape index (κ1) is 20.4. The number of nitrogens with zero attached hydrogens (tertiary/aromatic N) is 2. The Labute approximate surface area is 179 Å². The summed E-state index contributed by atoms with van der Waals surface area (Å²) in [6, 6.07) is 15.0. The quantitative estimate of drug-likeness (QED) is 0.494. The van der Waals surface area contributed by atoms with Crippen molar-refractivity contribution >= 4 is 22.7 Å². The molecule has 0 aliphatic carbocycles. The van der Waals surface area contributed by atoms with Crippen LogP contribution in [0, 0.1) is 20.8 Å². The van der Waals surface area contributed by atoms with E-state index in [1.165, 1.54) is 0 Å². The fourth-order valence-electron chi connectivity index (χ4n) is 3.70. The normalized spacial score (nSPS) is 11.0. The second kappa shape index (κ2) is 8.10. The standard InChI is InChI=1S/C24H23N3O4/c1-14-12-21(27(26-14)17-8-6-5-7-9-17)25-22(28)13-19-15(2)18-10-11-20(30-4)16(3)23(18)31-24(19)29/h5-12H,13H2,1-4H3,(H,25,28). The molecule has 1 amide bonds. The Morgan fingerprint density at radius 2 is 1.84 bits per heavy atom. The van der Waals surface area contributed by atoms with Crippen LogP contribution in [0.2, 0.25) is 0 Å². The highest BCUT2D eigenvalue weighted by Gasteiger charge is 2.18. The number of carbonyl (C=O) groups excluding carboxylic acids is 1. The summed E-state index contributed by atoms with van der Waals surface area (Å²) in [5.74, 6) is 0.860. The fraction of sp³-hybridized carbons (Fsp3) is 0.208. The first-order chi connectivity index (χ1) is 14.9. The van der Waals surface area contributed by atoms with Gasteiger partial charge in [-0.05, 0) is 50.6 Å². The summed E-state index contributed by atoms with van der Waals surface area (Å²) in [6.45, 7) is 5.52. The Kier molecular flexibility index (Phi) is 5.33. The van der Waals surface area contributed by atoms with Crippen LogP contribution in [-0.4, -0.2) is 22.8 Å². The maximum absolute atomic E-state index is 12.8. The monoisotopic (exact) mass is 417 g/mol. The largest absolute Gasteiger partial charge is 0.496 e. The molecular weight excluding hydrogens is 394 g/mol. The van der Waals surface area contributed by atoms with Gasteiger partial charge in [0.2, 0.25) is 5.91 Å². The molecule has 0 aliphatic rings. The molecular formula is C24H23N3O4. The molecule has 2 heterocycles. The van der Waals surface area contributed by atoms with Crippen molar-refractivity contribution in [3.63, 3.8) is 0 Å². The number of nitrogens with one attached hydrogen (secondary N) is 1. The van der Waals surface area contributed by atoms with E-state index in [2.05, 4.69) is 10.4 Å². The summed E-state index contributed by atoms with van der Waals surface area (Å²) in [5, 5.41) is 8.11. The second-order valence-electron chi connectivity index (χ2n) is 7.41. The lowest BCUT2D eigenvalue weighted by Gasteiger charge is -2.12. The minimum absolute atomic E-state index is 0.103. The van der Waals surface area contributed by atoms with Crippen molar-refractivity contribution in [2.75, 3.05) is 12.4 Å². The van der Waals surface area contributed by atoms with E-state index >= 15 is 0 Å². The van der Waals surface area contributed by atoms with E-state index in [0.29, 0.717) is 22.7 Å². The maximum atomic E-state index is 12.8. The van der Waals surface area contributed by atoms with E-state index < -0.39 is 5.63 Å². The molecule has 0 radical (unpaired) electrons. The molecule has 0 fully saturated rings. The van der Waals surface area contributed by atoms with Gasteiger partial charge in [0.05, 0.1) is 30.5 Å². The zero-order valence-electron chi connectivity index (χ0n) is 17.9. The number of rotatable bonds is 5. The molecule has 2 aromatic carbocycles. The number of para-hydroxylation sites is 1. The van der Waals surface area contributed by atoms with Crippen LogP contribution in [0.1, 0.15) is 22.4 Å². The van der Waals surface area contributed by atoms with Crippen LogP contribution in [0.3, 0.4) is 0 Å². The molecule has 1 N–H and O–H groups in total. The van der Waals surface area contributed by atoms with Gasteiger partial charge in [-0.3, -0.25) is 4.79 Å². The Morgan fingerprint density at radius 3 is 2.55 bits per heavy atom. The van der Waals surface area contributed by atoms with Crippen LogP contribution in [0.25, 0.3) is 16.7 Å². The predicted molar refractivity (Wildman–Crippen MR) is 119 cm³/mol. The summed E-state index contributed by atoms with van der Waals surface area (Å²) in [4.78, 5) is 25.5. The van der Waals surface area contributed by atoms with Gasteiger partial charge in [0.15, 0.2) is 0 Å². The van der Waals surface area contributed by atoms with Crippen LogP contribution in [-0.2, 0) is 11.2 Å². The third kappa shape index (κ3) is 3.82. The third-order valence-electron chi connectivity index (χ3n) is 5.31. The number of ether oxygens (including phenoxy) is 1. The van der Waals surface area contributed by atoms with Gasteiger partial charge in [-0.2, -0.15) is 5.10 Å². The molecule has 31 heavy (non-hydrogen) atoms. The van der Waals surface area contributed by atoms with E-state index in [1.807, 2.05) is 63.2 Å². The minimum Gasteiger partial charge on any atom is -0.496 e. The highest BCUT2D eigenvalue weighted by atomic mass is 16.5. The Hall–Kier alpha value is -3.87. The Morgan fingerprint density at radius 1 is 1.10 bits per heavy atom. The highest BCUT2D eigenvalue weighted by Crippen LogP contribution is 2.29. The summed E-state index contributed by atoms with van der Waals surface area (Å²) >= 11 is 0. The first-order valence-corrected chi connectivity index (χ1v) is 9.91. The number of fused-ring (bicyclic) bond motifs is 1. The molecule has 0 aliphatic heterocycles. The maximum Gasteiger partial charge on any atom is 0.340 e. The molecule has 0 unspecified atom stereocenters. The predicted octanol–water partition coefficient (Wildman–Crippen LogP) is 4.09. The van der Waals surface area contributed by atoms with Crippen molar-refractivity contribution < 1.29 is 13.9 Å². The number of aromatic nitrogens is 2. The number of benzene rings is 2. The van der Waals surface area contributed by atoms with E-state index in [4.69, 9.17) is 9.15 Å². The van der Waals surface area contributed by atoms with E-state index in [9.17, 15) is 9.59 Å². The molecule has 4 aromatic rings. The number of hydrogen-bond donors (Lipinski definition) is 1. The molecule has 0 saturated carbocycles. The smallest absolute Gasteiger partial charge is 0.340 e. The van der Waals surface area contributed by atoms with Gasteiger partial charge in [0.25, 0.3) is 0 Å². The van der Waals surface area contributed by atoms with Crippen molar-refractivity contribution in [1.29, 1.82) is 0 Å². The first-order valence-electron chi connectivity index (χ1n) is 9.91. The van der Waals surface area contributed by atoms with Gasteiger partial charge < -0.3 is 14.5 Å². The van der Waals surface area contributed by atoms with Crippen molar-refractivity contribution in [1.82, 2.24) is 9.78 Å². The Bertz CT molecular complexity index is 1340. The van der Waals surface area contributed by atoms with Gasteiger partial charge in [0.1, 0.15) is 17.2 Å². The molecule has 0 saturated heterocycles. The number of aryl methyl sites for hydroxylation is 3. The SMILES string of the molecule is COc1ccc2c(C)c(CC(=O)Nc3cc(C)nn3-c3ccccc3)c(=O)oc2c1C. The average molecular weight is 417 g/mol. The van der Waals surface area contributed by atoms with Crippen molar-refractivity contribution in [2.45, 2.75) is 27.2 Å². The van der Waals surface area contributed by atoms with Crippen LogP contribution >= 0.6 is 0 Å². The van der Waals surface area contributed by atoms with Gasteiger partial charge >= 0.3 is 5.63 Å². The van der Waals surface area contributed by atoms with Gasteiger partial charge in [-0.1, -0.05) is 18.2 Å². The van der Waals surface area contributed by atoms with Crippen molar-refractivity contribution in [3.05, 3.63) is 81.3 Å². The van der Waals surface area contributed by atoms with Crippen molar-refractivity contribution in [2.24, 2.45) is 0 Å². The molecule has 2 aromatic heterocycles.